The van der Waals surface area contributed by atoms with Gasteiger partial charge in [-0.3, -0.25) is 19.3 Å². The second-order valence-electron chi connectivity index (χ2n) is 5.67. The predicted molar refractivity (Wildman–Crippen MR) is 75.4 cm³/mol. The van der Waals surface area contributed by atoms with E-state index < -0.39 is 0 Å². The Balaban J connectivity index is 1.75. The fraction of sp³-hybridized carbons (Fsp3) is 0.786. The Kier molecular flexibility index (Phi) is 5.17. The van der Waals surface area contributed by atoms with Crippen LogP contribution in [0.5, 0.6) is 0 Å². The predicted octanol–water partition coefficient (Wildman–Crippen LogP) is -0.828. The van der Waals surface area contributed by atoms with Gasteiger partial charge in [0.25, 0.3) is 0 Å². The first-order valence-electron chi connectivity index (χ1n) is 7.33. The van der Waals surface area contributed by atoms with Crippen molar-refractivity contribution in [1.82, 2.24) is 14.7 Å². The van der Waals surface area contributed by atoms with Gasteiger partial charge in [0.2, 0.25) is 11.8 Å². The van der Waals surface area contributed by atoms with E-state index in [0.717, 1.165) is 13.1 Å². The summed E-state index contributed by atoms with van der Waals surface area (Å²) >= 11 is 0. The first-order chi connectivity index (χ1) is 10.0. The van der Waals surface area contributed by atoms with Crippen molar-refractivity contribution >= 4 is 17.8 Å². The molecule has 7 heteroatoms. The van der Waals surface area contributed by atoms with Gasteiger partial charge >= 0.3 is 5.97 Å². The van der Waals surface area contributed by atoms with Crippen LogP contribution in [0, 0.1) is 5.92 Å². The highest BCUT2D eigenvalue weighted by molar-refractivity contribution is 5.89. The van der Waals surface area contributed by atoms with Crippen LogP contribution in [0.3, 0.4) is 0 Å². The minimum Gasteiger partial charge on any atom is -0.469 e. The molecule has 7 nitrogen and oxygen atoms in total. The van der Waals surface area contributed by atoms with E-state index in [4.69, 9.17) is 0 Å². The maximum absolute atomic E-state index is 12.4. The third kappa shape index (κ3) is 3.93. The van der Waals surface area contributed by atoms with Gasteiger partial charge in [-0.05, 0) is 0 Å². The summed E-state index contributed by atoms with van der Waals surface area (Å²) in [5.74, 6) is -0.268. The van der Waals surface area contributed by atoms with Crippen LogP contribution >= 0.6 is 0 Å². The summed E-state index contributed by atoms with van der Waals surface area (Å²) in [6, 6.07) is 0. The molecule has 21 heavy (non-hydrogen) atoms. The summed E-state index contributed by atoms with van der Waals surface area (Å²) in [5.41, 5.74) is 0. The molecule has 0 aromatic rings. The lowest BCUT2D eigenvalue weighted by Crippen LogP contribution is -2.50. The molecule has 0 N–H and O–H groups in total. The molecule has 0 aliphatic carbocycles. The van der Waals surface area contributed by atoms with E-state index in [0.29, 0.717) is 39.0 Å². The first kappa shape index (κ1) is 15.8. The lowest BCUT2D eigenvalue weighted by molar-refractivity contribution is -0.142. The van der Waals surface area contributed by atoms with Crippen LogP contribution in [0.4, 0.5) is 0 Å². The van der Waals surface area contributed by atoms with Crippen molar-refractivity contribution < 1.29 is 19.1 Å². The van der Waals surface area contributed by atoms with E-state index in [-0.39, 0.29) is 23.7 Å². The first-order valence-corrected chi connectivity index (χ1v) is 7.33. The quantitative estimate of drug-likeness (QED) is 0.634. The van der Waals surface area contributed by atoms with Gasteiger partial charge in [-0.25, -0.2) is 0 Å². The molecule has 1 unspecified atom stereocenters. The summed E-state index contributed by atoms with van der Waals surface area (Å²) in [5, 5.41) is 0. The van der Waals surface area contributed by atoms with Crippen molar-refractivity contribution in [1.29, 1.82) is 0 Å². The number of hydrogen-bond donors (Lipinski definition) is 0. The third-order valence-corrected chi connectivity index (χ3v) is 4.23. The highest BCUT2D eigenvalue weighted by Gasteiger charge is 2.35. The van der Waals surface area contributed by atoms with Gasteiger partial charge < -0.3 is 14.5 Å². The zero-order valence-corrected chi connectivity index (χ0v) is 12.7. The molecule has 0 aromatic heterocycles. The zero-order chi connectivity index (χ0) is 15.4. The third-order valence-electron chi connectivity index (χ3n) is 4.23. The average molecular weight is 297 g/mol. The largest absolute Gasteiger partial charge is 0.469 e. The number of ether oxygens (including phenoxy) is 1. The second-order valence-corrected chi connectivity index (χ2v) is 5.67. The number of rotatable bonds is 4. The molecule has 1 atom stereocenters. The molecule has 0 radical (unpaired) electrons. The molecule has 2 heterocycles. The number of methoxy groups -OCH3 is 1. The van der Waals surface area contributed by atoms with Gasteiger partial charge in [0.05, 0.1) is 19.4 Å². The van der Waals surface area contributed by atoms with Gasteiger partial charge in [-0.1, -0.05) is 0 Å². The number of amides is 2. The molecule has 2 rings (SSSR count). The summed E-state index contributed by atoms with van der Waals surface area (Å²) in [4.78, 5) is 40.6. The Morgan fingerprint density at radius 3 is 2.43 bits per heavy atom. The number of hydrogen-bond acceptors (Lipinski definition) is 5. The lowest BCUT2D eigenvalue weighted by Gasteiger charge is -2.35. The van der Waals surface area contributed by atoms with Gasteiger partial charge in [-0.2, -0.15) is 0 Å². The van der Waals surface area contributed by atoms with E-state index in [1.54, 1.807) is 11.9 Å². The van der Waals surface area contributed by atoms with Crippen molar-refractivity contribution in [3.63, 3.8) is 0 Å². The SMILES string of the molecule is COC(=O)CCN1CCN(C(=O)C2CC(=O)N(C)C2)CC1. The number of piperazine rings is 1. The minimum atomic E-state index is -0.207. The van der Waals surface area contributed by atoms with E-state index in [1.165, 1.54) is 7.11 Å². The number of carbonyl (C=O) groups excluding carboxylic acids is 3. The van der Waals surface area contributed by atoms with Crippen LogP contribution < -0.4 is 0 Å². The highest BCUT2D eigenvalue weighted by Crippen LogP contribution is 2.19. The minimum absolute atomic E-state index is 0.0464. The van der Waals surface area contributed by atoms with Crippen LogP contribution in [0.2, 0.25) is 0 Å². The molecule has 0 aromatic carbocycles. The van der Waals surface area contributed by atoms with Crippen LogP contribution in [0.1, 0.15) is 12.8 Å². The summed E-state index contributed by atoms with van der Waals surface area (Å²) in [6.07, 6.45) is 0.713. The zero-order valence-electron chi connectivity index (χ0n) is 12.7. The fourth-order valence-electron chi connectivity index (χ4n) is 2.83. The van der Waals surface area contributed by atoms with Crippen molar-refractivity contribution in [2.45, 2.75) is 12.8 Å². The Labute approximate surface area is 124 Å². The molecular formula is C14H23N3O4. The second kappa shape index (κ2) is 6.89. The summed E-state index contributed by atoms with van der Waals surface area (Å²) in [6.45, 7) is 4.04. The number of esters is 1. The molecule has 2 aliphatic heterocycles. The number of likely N-dealkylation sites (tertiary alicyclic amines) is 1. The Morgan fingerprint density at radius 1 is 1.24 bits per heavy atom. The molecule has 0 bridgehead atoms. The van der Waals surface area contributed by atoms with E-state index in [9.17, 15) is 14.4 Å². The van der Waals surface area contributed by atoms with Crippen LogP contribution in [0.15, 0.2) is 0 Å². The molecule has 0 saturated carbocycles. The maximum atomic E-state index is 12.4. The Hall–Kier alpha value is -1.63. The lowest BCUT2D eigenvalue weighted by atomic mass is 10.1. The molecule has 118 valence electrons. The normalized spacial score (nSPS) is 23.5. The fourth-order valence-corrected chi connectivity index (χ4v) is 2.83. The number of nitrogens with zero attached hydrogens (tertiary/aromatic N) is 3. The van der Waals surface area contributed by atoms with Gasteiger partial charge in [0.15, 0.2) is 0 Å². The highest BCUT2D eigenvalue weighted by atomic mass is 16.5. The Bertz CT molecular complexity index is 418. The van der Waals surface area contributed by atoms with Crippen molar-refractivity contribution in [3.05, 3.63) is 0 Å². The van der Waals surface area contributed by atoms with Crippen LogP contribution in [0.25, 0.3) is 0 Å². The molecule has 2 aliphatic rings. The van der Waals surface area contributed by atoms with Crippen LogP contribution in [-0.4, -0.2) is 85.9 Å². The van der Waals surface area contributed by atoms with Crippen LogP contribution in [-0.2, 0) is 19.1 Å². The Morgan fingerprint density at radius 2 is 1.90 bits per heavy atom. The topological polar surface area (TPSA) is 70.2 Å². The van der Waals surface area contributed by atoms with E-state index >= 15 is 0 Å². The molecule has 2 amide bonds. The number of carbonyl (C=O) groups is 3. The van der Waals surface area contributed by atoms with E-state index in [1.807, 2.05) is 4.90 Å². The average Bonchev–Trinajstić information content (AvgIpc) is 2.84. The molecular weight excluding hydrogens is 274 g/mol. The summed E-state index contributed by atoms with van der Waals surface area (Å²) < 4.78 is 4.62. The molecule has 0 spiro atoms. The van der Waals surface area contributed by atoms with Gasteiger partial charge in [0, 0.05) is 52.7 Å². The molecule has 2 fully saturated rings. The van der Waals surface area contributed by atoms with Gasteiger partial charge in [-0.15, -0.1) is 0 Å². The smallest absolute Gasteiger partial charge is 0.306 e. The standard InChI is InChI=1S/C14H23N3O4/c1-15-10-11(9-12(15)18)14(20)17-7-5-16(6-8-17)4-3-13(19)21-2/h11H,3-10H2,1-2H3. The summed E-state index contributed by atoms with van der Waals surface area (Å²) in [7, 11) is 3.12. The van der Waals surface area contributed by atoms with Gasteiger partial charge in [0.1, 0.15) is 0 Å². The molecule has 2 saturated heterocycles. The maximum Gasteiger partial charge on any atom is 0.306 e. The van der Waals surface area contributed by atoms with Crippen molar-refractivity contribution in [2.75, 3.05) is 53.4 Å². The van der Waals surface area contributed by atoms with Crippen molar-refractivity contribution in [3.8, 4) is 0 Å². The van der Waals surface area contributed by atoms with E-state index in [2.05, 4.69) is 9.64 Å². The van der Waals surface area contributed by atoms with Crippen molar-refractivity contribution in [2.24, 2.45) is 5.92 Å². The monoisotopic (exact) mass is 297 g/mol.